The molecule has 5 nitrogen and oxygen atoms in total. The molecule has 100 valence electrons. The van der Waals surface area contributed by atoms with Gasteiger partial charge in [0.2, 0.25) is 0 Å². The van der Waals surface area contributed by atoms with Crippen molar-refractivity contribution in [3.8, 4) is 0 Å². The Kier molecular flexibility index (Phi) is 4.71. The third kappa shape index (κ3) is 3.41. The lowest BCUT2D eigenvalue weighted by Crippen LogP contribution is -2.02. The first-order valence-corrected chi connectivity index (χ1v) is 8.54. The second-order valence-corrected chi connectivity index (χ2v) is 7.49. The van der Waals surface area contributed by atoms with E-state index in [4.69, 9.17) is 10.8 Å². The summed E-state index contributed by atoms with van der Waals surface area (Å²) in [6.45, 7) is 0. The molecule has 0 fully saturated rings. The number of nitrogen functional groups attached to an aromatic ring is 1. The molecule has 0 saturated heterocycles. The first kappa shape index (κ1) is 14.6. The Hall–Kier alpha value is -0.770. The zero-order valence-corrected chi connectivity index (χ0v) is 13.6. The fourth-order valence-electron chi connectivity index (χ4n) is 1.25. The van der Waals surface area contributed by atoms with Gasteiger partial charge in [0.25, 0.3) is 0 Å². The predicted molar refractivity (Wildman–Crippen MR) is 81.3 cm³/mol. The summed E-state index contributed by atoms with van der Waals surface area (Å²) in [6.07, 6.45) is 1.93. The number of carbonyl (C=O) groups is 1. The standard InChI is InChI=1S/C10H8BrN3O2S3/c1-17-9-13-14-10(19-9)18-7-2-4(8(15)16)6(12)3-5(7)11/h2-3H,12H2,1H3,(H,15,16). The molecule has 0 aliphatic heterocycles. The average molecular weight is 378 g/mol. The van der Waals surface area contributed by atoms with Gasteiger partial charge in [0.05, 0.1) is 5.56 Å². The van der Waals surface area contributed by atoms with Gasteiger partial charge >= 0.3 is 5.97 Å². The number of aromatic carboxylic acids is 1. The molecule has 0 spiro atoms. The highest BCUT2D eigenvalue weighted by atomic mass is 79.9. The maximum absolute atomic E-state index is 11.1. The van der Waals surface area contributed by atoms with Crippen molar-refractivity contribution >= 4 is 62.4 Å². The normalized spacial score (nSPS) is 10.6. The van der Waals surface area contributed by atoms with Gasteiger partial charge in [-0.15, -0.1) is 10.2 Å². The van der Waals surface area contributed by atoms with Crippen molar-refractivity contribution < 1.29 is 9.90 Å². The maximum Gasteiger partial charge on any atom is 0.337 e. The summed E-state index contributed by atoms with van der Waals surface area (Å²) in [7, 11) is 0. The van der Waals surface area contributed by atoms with Crippen LogP contribution in [0.3, 0.4) is 0 Å². The van der Waals surface area contributed by atoms with Crippen molar-refractivity contribution in [2.75, 3.05) is 12.0 Å². The van der Waals surface area contributed by atoms with Crippen molar-refractivity contribution in [2.24, 2.45) is 0 Å². The van der Waals surface area contributed by atoms with Crippen LogP contribution in [0.4, 0.5) is 5.69 Å². The minimum absolute atomic E-state index is 0.0836. The van der Waals surface area contributed by atoms with Gasteiger partial charge in [-0.05, 0) is 34.3 Å². The number of hydrogen-bond acceptors (Lipinski definition) is 7. The smallest absolute Gasteiger partial charge is 0.337 e. The molecule has 9 heteroatoms. The van der Waals surface area contributed by atoms with Crippen molar-refractivity contribution in [1.29, 1.82) is 0 Å². The Bertz CT molecular complexity index is 632. The lowest BCUT2D eigenvalue weighted by atomic mass is 10.2. The molecule has 0 aliphatic carbocycles. The van der Waals surface area contributed by atoms with E-state index in [0.717, 1.165) is 18.0 Å². The quantitative estimate of drug-likeness (QED) is 0.622. The van der Waals surface area contributed by atoms with Crippen LogP contribution in [-0.2, 0) is 0 Å². The molecule has 2 aromatic rings. The molecule has 0 radical (unpaired) electrons. The number of benzene rings is 1. The molecule has 0 bridgehead atoms. The van der Waals surface area contributed by atoms with E-state index in [1.807, 2.05) is 6.26 Å². The number of hydrogen-bond donors (Lipinski definition) is 2. The SMILES string of the molecule is CSc1nnc(Sc2cc(C(=O)O)c(N)cc2Br)s1. The van der Waals surface area contributed by atoms with Gasteiger partial charge in [-0.3, -0.25) is 0 Å². The van der Waals surface area contributed by atoms with Crippen molar-refractivity contribution in [3.63, 3.8) is 0 Å². The Morgan fingerprint density at radius 2 is 2.11 bits per heavy atom. The van der Waals surface area contributed by atoms with Gasteiger partial charge in [0, 0.05) is 15.1 Å². The van der Waals surface area contributed by atoms with Crippen molar-refractivity contribution in [2.45, 2.75) is 13.6 Å². The monoisotopic (exact) mass is 377 g/mol. The maximum atomic E-state index is 11.1. The molecule has 0 aliphatic rings. The Morgan fingerprint density at radius 1 is 1.42 bits per heavy atom. The third-order valence-electron chi connectivity index (χ3n) is 2.09. The van der Waals surface area contributed by atoms with Crippen LogP contribution in [0.1, 0.15) is 10.4 Å². The second kappa shape index (κ2) is 6.12. The van der Waals surface area contributed by atoms with E-state index >= 15 is 0 Å². The van der Waals surface area contributed by atoms with E-state index in [2.05, 4.69) is 26.1 Å². The summed E-state index contributed by atoms with van der Waals surface area (Å²) in [5, 5.41) is 17.1. The third-order valence-corrected chi connectivity index (χ3v) is 6.02. The lowest BCUT2D eigenvalue weighted by Gasteiger charge is -2.06. The zero-order valence-electron chi connectivity index (χ0n) is 9.58. The van der Waals surface area contributed by atoms with Crippen LogP contribution in [0.5, 0.6) is 0 Å². The highest BCUT2D eigenvalue weighted by Crippen LogP contribution is 2.38. The fourth-order valence-corrected chi connectivity index (χ4v) is 4.29. The van der Waals surface area contributed by atoms with Crippen LogP contribution in [0, 0.1) is 0 Å². The largest absolute Gasteiger partial charge is 0.478 e. The molecule has 0 atom stereocenters. The molecule has 0 unspecified atom stereocenters. The van der Waals surface area contributed by atoms with E-state index in [-0.39, 0.29) is 11.3 Å². The van der Waals surface area contributed by atoms with Gasteiger partial charge in [-0.1, -0.05) is 34.9 Å². The van der Waals surface area contributed by atoms with E-state index in [9.17, 15) is 4.79 Å². The minimum Gasteiger partial charge on any atom is -0.478 e. The summed E-state index contributed by atoms with van der Waals surface area (Å²) in [4.78, 5) is 11.8. The molecule has 0 amide bonds. The van der Waals surface area contributed by atoms with E-state index in [0.29, 0.717) is 0 Å². The number of rotatable bonds is 4. The summed E-state index contributed by atoms with van der Waals surface area (Å²) in [5.74, 6) is -1.05. The Labute approximate surface area is 130 Å². The highest BCUT2D eigenvalue weighted by Gasteiger charge is 2.14. The summed E-state index contributed by atoms with van der Waals surface area (Å²) >= 11 is 7.71. The molecular formula is C10H8BrN3O2S3. The van der Waals surface area contributed by atoms with Crippen LogP contribution in [0.2, 0.25) is 0 Å². The van der Waals surface area contributed by atoms with E-state index in [1.165, 1.54) is 40.9 Å². The first-order chi connectivity index (χ1) is 9.01. The molecule has 3 N–H and O–H groups in total. The van der Waals surface area contributed by atoms with Gasteiger partial charge in [0.15, 0.2) is 8.68 Å². The molecule has 1 heterocycles. The number of carboxylic acids is 1. The zero-order chi connectivity index (χ0) is 14.0. The minimum atomic E-state index is -1.05. The number of aromatic nitrogens is 2. The van der Waals surface area contributed by atoms with Gasteiger partial charge < -0.3 is 10.8 Å². The molecule has 0 saturated carbocycles. The highest BCUT2D eigenvalue weighted by molar-refractivity contribution is 9.10. The molecule has 2 rings (SSSR count). The molecule has 1 aromatic carbocycles. The second-order valence-electron chi connectivity index (χ2n) is 3.32. The number of nitrogens with two attached hydrogens (primary N) is 1. The van der Waals surface area contributed by atoms with Gasteiger partial charge in [-0.2, -0.15) is 0 Å². The van der Waals surface area contributed by atoms with Crippen molar-refractivity contribution in [1.82, 2.24) is 10.2 Å². The van der Waals surface area contributed by atoms with E-state index in [1.54, 1.807) is 6.07 Å². The molecular weight excluding hydrogens is 370 g/mol. The number of nitrogens with zero attached hydrogens (tertiary/aromatic N) is 2. The van der Waals surface area contributed by atoms with Crippen molar-refractivity contribution in [3.05, 3.63) is 22.2 Å². The van der Waals surface area contributed by atoms with Gasteiger partial charge in [-0.25, -0.2) is 4.79 Å². The summed E-state index contributed by atoms with van der Waals surface area (Å²) in [6, 6.07) is 3.12. The predicted octanol–water partition coefficient (Wildman–Crippen LogP) is 3.45. The Balaban J connectivity index is 2.34. The average Bonchev–Trinajstić information content (AvgIpc) is 2.80. The number of anilines is 1. The van der Waals surface area contributed by atoms with Crippen LogP contribution >= 0.6 is 50.8 Å². The number of halogens is 1. The van der Waals surface area contributed by atoms with Gasteiger partial charge in [0.1, 0.15) is 0 Å². The number of carboxylic acid groups (broad SMARTS) is 1. The molecule has 19 heavy (non-hydrogen) atoms. The van der Waals surface area contributed by atoms with Crippen LogP contribution in [0.25, 0.3) is 0 Å². The number of thioether (sulfide) groups is 1. The summed E-state index contributed by atoms with van der Waals surface area (Å²) < 4.78 is 2.36. The topological polar surface area (TPSA) is 89.1 Å². The lowest BCUT2D eigenvalue weighted by molar-refractivity contribution is 0.0698. The van der Waals surface area contributed by atoms with Crippen LogP contribution in [0.15, 0.2) is 30.2 Å². The summed E-state index contributed by atoms with van der Waals surface area (Å²) in [5.41, 5.74) is 5.97. The molecule has 1 aromatic heterocycles. The van der Waals surface area contributed by atoms with Crippen LogP contribution < -0.4 is 5.73 Å². The first-order valence-electron chi connectivity index (χ1n) is 4.89. The van der Waals surface area contributed by atoms with E-state index < -0.39 is 5.97 Å². The van der Waals surface area contributed by atoms with Crippen LogP contribution in [-0.4, -0.2) is 27.5 Å². The fraction of sp³-hybridized carbons (Fsp3) is 0.100. The Morgan fingerprint density at radius 3 is 2.68 bits per heavy atom.